The average Bonchev–Trinajstić information content (AvgIpc) is 2.33. The lowest BCUT2D eigenvalue weighted by atomic mass is 9.75. The Balaban J connectivity index is 2.18. The van der Waals surface area contributed by atoms with Crippen LogP contribution in [0.5, 0.6) is 0 Å². The predicted molar refractivity (Wildman–Crippen MR) is 72.3 cm³/mol. The van der Waals surface area contributed by atoms with Crippen LogP contribution in [0.1, 0.15) is 43.7 Å². The van der Waals surface area contributed by atoms with Gasteiger partial charge < -0.3 is 4.74 Å². The zero-order valence-electron chi connectivity index (χ0n) is 11.3. The van der Waals surface area contributed by atoms with Gasteiger partial charge in [0.15, 0.2) is 0 Å². The molecule has 0 amide bonds. The summed E-state index contributed by atoms with van der Waals surface area (Å²) in [5.41, 5.74) is 2.86. The molecule has 1 saturated heterocycles. The maximum Gasteiger partial charge on any atom is 0.0468 e. The molecule has 1 fully saturated rings. The largest absolute Gasteiger partial charge is 0.381 e. The third-order valence-electron chi connectivity index (χ3n) is 3.95. The average molecular weight is 232 g/mol. The van der Waals surface area contributed by atoms with Crippen LogP contribution in [0, 0.1) is 18.8 Å². The van der Waals surface area contributed by atoms with E-state index in [9.17, 15) is 0 Å². The summed E-state index contributed by atoms with van der Waals surface area (Å²) in [6.07, 6.45) is 2.44. The number of hydrogen-bond acceptors (Lipinski definition) is 1. The van der Waals surface area contributed by atoms with E-state index in [1.165, 1.54) is 24.0 Å². The van der Waals surface area contributed by atoms with Gasteiger partial charge in [0.05, 0.1) is 0 Å². The lowest BCUT2D eigenvalue weighted by Crippen LogP contribution is -2.25. The Kier molecular flexibility index (Phi) is 4.22. The summed E-state index contributed by atoms with van der Waals surface area (Å²) in [5.74, 6) is 2.20. The second-order valence-corrected chi connectivity index (χ2v) is 5.63. The van der Waals surface area contributed by atoms with E-state index in [2.05, 4.69) is 45.0 Å². The Morgan fingerprint density at radius 2 is 1.65 bits per heavy atom. The van der Waals surface area contributed by atoms with E-state index in [0.717, 1.165) is 19.1 Å². The summed E-state index contributed by atoms with van der Waals surface area (Å²) in [5, 5.41) is 0. The monoisotopic (exact) mass is 232 g/mol. The van der Waals surface area contributed by atoms with Crippen molar-refractivity contribution in [3.8, 4) is 0 Å². The minimum Gasteiger partial charge on any atom is -0.381 e. The molecule has 1 aliphatic rings. The van der Waals surface area contributed by atoms with Crippen molar-refractivity contribution in [3.63, 3.8) is 0 Å². The summed E-state index contributed by atoms with van der Waals surface area (Å²) in [6, 6.07) is 9.11. The molecular weight excluding hydrogens is 208 g/mol. The first-order chi connectivity index (χ1) is 8.18. The van der Waals surface area contributed by atoms with Crippen LogP contribution in [0.15, 0.2) is 24.3 Å². The van der Waals surface area contributed by atoms with Crippen LogP contribution < -0.4 is 0 Å². The molecule has 0 saturated carbocycles. The highest BCUT2D eigenvalue weighted by Gasteiger charge is 2.27. The molecular formula is C16H24O. The van der Waals surface area contributed by atoms with Gasteiger partial charge in [-0.15, -0.1) is 0 Å². The van der Waals surface area contributed by atoms with E-state index in [4.69, 9.17) is 4.74 Å². The van der Waals surface area contributed by atoms with Gasteiger partial charge in [0.25, 0.3) is 0 Å². The molecule has 1 nitrogen and oxygen atoms in total. The minimum atomic E-state index is 0.694. The first-order valence-corrected chi connectivity index (χ1v) is 6.83. The molecule has 1 aliphatic heterocycles. The van der Waals surface area contributed by atoms with Crippen molar-refractivity contribution in [1.82, 2.24) is 0 Å². The van der Waals surface area contributed by atoms with Gasteiger partial charge in [0.2, 0.25) is 0 Å². The van der Waals surface area contributed by atoms with Gasteiger partial charge in [0.1, 0.15) is 0 Å². The lowest BCUT2D eigenvalue weighted by molar-refractivity contribution is 0.0522. The Labute approximate surface area is 105 Å². The van der Waals surface area contributed by atoms with E-state index in [1.54, 1.807) is 0 Å². The molecule has 2 rings (SSSR count). The summed E-state index contributed by atoms with van der Waals surface area (Å²) >= 11 is 0. The van der Waals surface area contributed by atoms with Crippen LogP contribution in [-0.4, -0.2) is 13.2 Å². The topological polar surface area (TPSA) is 9.23 Å². The molecule has 1 unspecified atom stereocenters. The lowest BCUT2D eigenvalue weighted by Gasteiger charge is -2.33. The molecule has 94 valence electrons. The summed E-state index contributed by atoms with van der Waals surface area (Å²) in [6.45, 7) is 8.74. The maximum atomic E-state index is 5.48. The fourth-order valence-electron chi connectivity index (χ4n) is 3.07. The zero-order chi connectivity index (χ0) is 12.3. The standard InChI is InChI=1S/C16H24O/c1-12(2)16(15-8-10-17-11-9-15)14-6-4-13(3)5-7-14/h4-7,12,15-16H,8-11H2,1-3H3. The molecule has 17 heavy (non-hydrogen) atoms. The Bertz CT molecular complexity index is 333. The third-order valence-corrected chi connectivity index (χ3v) is 3.95. The van der Waals surface area contributed by atoms with Crippen LogP contribution >= 0.6 is 0 Å². The van der Waals surface area contributed by atoms with E-state index in [-0.39, 0.29) is 0 Å². The summed E-state index contributed by atoms with van der Waals surface area (Å²) < 4.78 is 5.48. The number of benzene rings is 1. The van der Waals surface area contributed by atoms with E-state index in [1.807, 2.05) is 0 Å². The molecule has 1 heteroatoms. The van der Waals surface area contributed by atoms with Gasteiger partial charge in [-0.25, -0.2) is 0 Å². The first-order valence-electron chi connectivity index (χ1n) is 6.83. The highest BCUT2D eigenvalue weighted by molar-refractivity contribution is 5.25. The molecule has 1 heterocycles. The van der Waals surface area contributed by atoms with Gasteiger partial charge in [0, 0.05) is 13.2 Å². The Morgan fingerprint density at radius 3 is 2.18 bits per heavy atom. The molecule has 1 aromatic rings. The number of hydrogen-bond donors (Lipinski definition) is 0. The van der Waals surface area contributed by atoms with Crippen molar-refractivity contribution in [2.45, 2.75) is 39.5 Å². The van der Waals surface area contributed by atoms with E-state index < -0.39 is 0 Å². The van der Waals surface area contributed by atoms with Crippen LogP contribution in [0.4, 0.5) is 0 Å². The molecule has 0 N–H and O–H groups in total. The van der Waals surface area contributed by atoms with Gasteiger partial charge >= 0.3 is 0 Å². The highest BCUT2D eigenvalue weighted by atomic mass is 16.5. The summed E-state index contributed by atoms with van der Waals surface area (Å²) in [7, 11) is 0. The van der Waals surface area contributed by atoms with Crippen LogP contribution in [0.3, 0.4) is 0 Å². The van der Waals surface area contributed by atoms with Crippen LogP contribution in [0.2, 0.25) is 0 Å². The predicted octanol–water partition coefficient (Wildman–Crippen LogP) is 4.16. The van der Waals surface area contributed by atoms with Crippen molar-refractivity contribution in [2.75, 3.05) is 13.2 Å². The fraction of sp³-hybridized carbons (Fsp3) is 0.625. The molecule has 0 aliphatic carbocycles. The molecule has 0 aromatic heterocycles. The van der Waals surface area contributed by atoms with E-state index >= 15 is 0 Å². The van der Waals surface area contributed by atoms with Crippen molar-refractivity contribution >= 4 is 0 Å². The SMILES string of the molecule is Cc1ccc(C(C(C)C)C2CCOCC2)cc1. The normalized spacial score (nSPS) is 19.5. The van der Waals surface area contributed by atoms with Gasteiger partial charge in [-0.2, -0.15) is 0 Å². The zero-order valence-corrected chi connectivity index (χ0v) is 11.3. The number of ether oxygens (including phenoxy) is 1. The second-order valence-electron chi connectivity index (χ2n) is 5.63. The number of aryl methyl sites for hydroxylation is 1. The molecule has 0 spiro atoms. The Morgan fingerprint density at radius 1 is 1.06 bits per heavy atom. The third kappa shape index (κ3) is 3.10. The van der Waals surface area contributed by atoms with Crippen LogP contribution in [0.25, 0.3) is 0 Å². The van der Waals surface area contributed by atoms with Crippen LogP contribution in [-0.2, 0) is 4.74 Å². The van der Waals surface area contributed by atoms with Gasteiger partial charge in [-0.3, -0.25) is 0 Å². The Hall–Kier alpha value is -0.820. The quantitative estimate of drug-likeness (QED) is 0.760. The first kappa shape index (κ1) is 12.6. The van der Waals surface area contributed by atoms with Crippen molar-refractivity contribution in [2.24, 2.45) is 11.8 Å². The molecule has 0 radical (unpaired) electrons. The molecule has 0 bridgehead atoms. The van der Waals surface area contributed by atoms with Crippen molar-refractivity contribution < 1.29 is 4.74 Å². The molecule has 1 atom stereocenters. The smallest absolute Gasteiger partial charge is 0.0468 e. The van der Waals surface area contributed by atoms with Crippen molar-refractivity contribution in [1.29, 1.82) is 0 Å². The van der Waals surface area contributed by atoms with Gasteiger partial charge in [-0.05, 0) is 43.1 Å². The fourth-order valence-corrected chi connectivity index (χ4v) is 3.07. The van der Waals surface area contributed by atoms with Crippen molar-refractivity contribution in [3.05, 3.63) is 35.4 Å². The molecule has 1 aromatic carbocycles. The highest BCUT2D eigenvalue weighted by Crippen LogP contribution is 2.37. The maximum absolute atomic E-state index is 5.48. The minimum absolute atomic E-state index is 0.694. The summed E-state index contributed by atoms with van der Waals surface area (Å²) in [4.78, 5) is 0. The number of rotatable bonds is 3. The van der Waals surface area contributed by atoms with E-state index in [0.29, 0.717) is 11.8 Å². The second kappa shape index (κ2) is 5.68. The van der Waals surface area contributed by atoms with Gasteiger partial charge in [-0.1, -0.05) is 43.7 Å².